The van der Waals surface area contributed by atoms with Gasteiger partial charge in [0.2, 0.25) is 0 Å². The number of aromatic nitrogens is 1. The molecule has 0 spiro atoms. The predicted octanol–water partition coefficient (Wildman–Crippen LogP) is 1.57. The lowest BCUT2D eigenvalue weighted by atomic mass is 9.92. The van der Waals surface area contributed by atoms with Crippen LogP contribution in [0.5, 0.6) is 0 Å². The van der Waals surface area contributed by atoms with Crippen molar-refractivity contribution in [2.45, 2.75) is 39.7 Å². The number of carbonyl (C=O) groups excluding carboxylic acids is 1. The topological polar surface area (TPSA) is 135 Å². The van der Waals surface area contributed by atoms with Gasteiger partial charge in [-0.1, -0.05) is 19.1 Å². The second kappa shape index (κ2) is 11.4. The SMILES string of the molecule is CCCOC(=O)c1[nH]c(CNCCO)c(-c2ccc(CO)c(CO)c2CO)c1Br. The van der Waals surface area contributed by atoms with E-state index in [2.05, 4.69) is 26.2 Å². The fraction of sp³-hybridized carbons (Fsp3) is 0.450. The van der Waals surface area contributed by atoms with E-state index in [1.807, 2.05) is 6.92 Å². The summed E-state index contributed by atoms with van der Waals surface area (Å²) in [6.45, 7) is 1.89. The Morgan fingerprint density at radius 1 is 1.14 bits per heavy atom. The molecule has 0 bridgehead atoms. The Hall–Kier alpha value is -1.75. The van der Waals surface area contributed by atoms with Gasteiger partial charge in [-0.25, -0.2) is 4.79 Å². The molecule has 2 aromatic rings. The minimum atomic E-state index is -0.506. The van der Waals surface area contributed by atoms with Crippen molar-refractivity contribution in [3.05, 3.63) is 44.7 Å². The summed E-state index contributed by atoms with van der Waals surface area (Å²) in [6.07, 6.45) is 0.693. The van der Waals surface area contributed by atoms with Crippen molar-refractivity contribution in [3.8, 4) is 11.1 Å². The number of ether oxygens (including phenoxy) is 1. The zero-order chi connectivity index (χ0) is 21.4. The smallest absolute Gasteiger partial charge is 0.355 e. The Morgan fingerprint density at radius 2 is 1.86 bits per heavy atom. The van der Waals surface area contributed by atoms with Crippen molar-refractivity contribution in [1.82, 2.24) is 10.3 Å². The molecule has 2 rings (SSSR count). The van der Waals surface area contributed by atoms with Gasteiger partial charge in [0.05, 0.1) is 37.5 Å². The molecule has 29 heavy (non-hydrogen) atoms. The molecule has 0 aliphatic heterocycles. The summed E-state index contributed by atoms with van der Waals surface area (Å²) < 4.78 is 5.72. The summed E-state index contributed by atoms with van der Waals surface area (Å²) in [5.74, 6) is -0.506. The van der Waals surface area contributed by atoms with Crippen LogP contribution >= 0.6 is 15.9 Å². The second-order valence-corrected chi connectivity index (χ2v) is 7.20. The minimum Gasteiger partial charge on any atom is -0.461 e. The number of carbonyl (C=O) groups is 1. The molecular weight excluding hydrogens is 444 g/mol. The molecule has 6 N–H and O–H groups in total. The molecule has 1 heterocycles. The highest BCUT2D eigenvalue weighted by molar-refractivity contribution is 9.10. The molecular formula is C20H27BrN2O6. The summed E-state index contributed by atoms with van der Waals surface area (Å²) in [6, 6.07) is 3.42. The van der Waals surface area contributed by atoms with Crippen LogP contribution in [-0.2, 0) is 31.1 Å². The first-order valence-corrected chi connectivity index (χ1v) is 10.2. The van der Waals surface area contributed by atoms with Crippen LogP contribution < -0.4 is 5.32 Å². The number of benzene rings is 1. The van der Waals surface area contributed by atoms with Crippen molar-refractivity contribution in [2.24, 2.45) is 0 Å². The van der Waals surface area contributed by atoms with E-state index < -0.39 is 5.97 Å². The fourth-order valence-electron chi connectivity index (χ4n) is 3.14. The van der Waals surface area contributed by atoms with Crippen LogP contribution in [0.4, 0.5) is 0 Å². The van der Waals surface area contributed by atoms with Gasteiger partial charge >= 0.3 is 5.97 Å². The summed E-state index contributed by atoms with van der Waals surface area (Å²) in [7, 11) is 0. The molecule has 0 aliphatic carbocycles. The lowest BCUT2D eigenvalue weighted by molar-refractivity contribution is 0.0497. The number of aliphatic hydroxyl groups is 4. The molecule has 160 valence electrons. The maximum absolute atomic E-state index is 12.5. The Labute approximate surface area is 177 Å². The van der Waals surface area contributed by atoms with Gasteiger partial charge in [-0.2, -0.15) is 0 Å². The average molecular weight is 471 g/mol. The third-order valence-electron chi connectivity index (χ3n) is 4.53. The quantitative estimate of drug-likeness (QED) is 0.216. The van der Waals surface area contributed by atoms with E-state index in [-0.39, 0.29) is 32.1 Å². The van der Waals surface area contributed by atoms with Crippen LogP contribution in [0.15, 0.2) is 16.6 Å². The Bertz CT molecular complexity index is 837. The molecule has 0 atom stereocenters. The Kier molecular flexibility index (Phi) is 9.28. The van der Waals surface area contributed by atoms with Crippen molar-refractivity contribution >= 4 is 21.9 Å². The van der Waals surface area contributed by atoms with Gasteiger partial charge in [0, 0.05) is 24.3 Å². The van der Waals surface area contributed by atoms with E-state index in [1.54, 1.807) is 12.1 Å². The fourth-order valence-corrected chi connectivity index (χ4v) is 3.85. The predicted molar refractivity (Wildman–Crippen MR) is 111 cm³/mol. The van der Waals surface area contributed by atoms with Gasteiger partial charge < -0.3 is 35.5 Å². The number of aromatic amines is 1. The van der Waals surface area contributed by atoms with Crippen molar-refractivity contribution in [1.29, 1.82) is 0 Å². The second-order valence-electron chi connectivity index (χ2n) is 6.41. The van der Waals surface area contributed by atoms with E-state index in [0.29, 0.717) is 64.1 Å². The highest BCUT2D eigenvalue weighted by Crippen LogP contribution is 2.39. The first-order chi connectivity index (χ1) is 14.0. The van der Waals surface area contributed by atoms with E-state index in [4.69, 9.17) is 9.84 Å². The summed E-state index contributed by atoms with van der Waals surface area (Å²) >= 11 is 3.48. The van der Waals surface area contributed by atoms with Gasteiger partial charge in [-0.05, 0) is 44.6 Å². The third-order valence-corrected chi connectivity index (χ3v) is 5.33. The lowest BCUT2D eigenvalue weighted by Crippen LogP contribution is -2.18. The number of esters is 1. The van der Waals surface area contributed by atoms with E-state index in [0.717, 1.165) is 0 Å². The molecule has 1 aromatic carbocycles. The lowest BCUT2D eigenvalue weighted by Gasteiger charge is -2.16. The van der Waals surface area contributed by atoms with E-state index >= 15 is 0 Å². The monoisotopic (exact) mass is 470 g/mol. The van der Waals surface area contributed by atoms with Crippen molar-refractivity contribution in [3.63, 3.8) is 0 Å². The molecule has 0 fully saturated rings. The van der Waals surface area contributed by atoms with Crippen LogP contribution in [0.3, 0.4) is 0 Å². The number of aliphatic hydroxyl groups excluding tert-OH is 4. The largest absolute Gasteiger partial charge is 0.461 e. The highest BCUT2D eigenvalue weighted by atomic mass is 79.9. The van der Waals surface area contributed by atoms with Crippen LogP contribution in [0.2, 0.25) is 0 Å². The number of halogens is 1. The number of nitrogens with one attached hydrogen (secondary N) is 2. The maximum atomic E-state index is 12.5. The number of rotatable bonds is 11. The van der Waals surface area contributed by atoms with Crippen LogP contribution in [0.1, 0.15) is 46.2 Å². The van der Waals surface area contributed by atoms with Crippen molar-refractivity contribution < 1.29 is 30.0 Å². The van der Waals surface area contributed by atoms with Gasteiger partial charge in [-0.15, -0.1) is 0 Å². The number of H-pyrrole nitrogens is 1. The standard InChI is InChI=1S/C20H27BrN2O6/c1-2-7-29-20(28)19-18(21)17(16(23-19)8-22-5-6-24)13-4-3-12(9-25)14(10-26)15(13)11-27/h3-4,22-27H,2,5-11H2,1H3. The first-order valence-electron chi connectivity index (χ1n) is 9.39. The summed E-state index contributed by atoms with van der Waals surface area (Å²) in [4.78, 5) is 15.5. The summed E-state index contributed by atoms with van der Waals surface area (Å²) in [5, 5.41) is 41.4. The Morgan fingerprint density at radius 3 is 2.45 bits per heavy atom. The Balaban J connectivity index is 2.63. The molecule has 9 heteroatoms. The molecule has 0 unspecified atom stereocenters. The zero-order valence-electron chi connectivity index (χ0n) is 16.3. The molecule has 1 aromatic heterocycles. The third kappa shape index (κ3) is 5.25. The molecule has 0 amide bonds. The van der Waals surface area contributed by atoms with E-state index in [9.17, 15) is 20.1 Å². The number of hydrogen-bond acceptors (Lipinski definition) is 7. The van der Waals surface area contributed by atoms with E-state index in [1.165, 1.54) is 0 Å². The first kappa shape index (κ1) is 23.5. The van der Waals surface area contributed by atoms with Crippen molar-refractivity contribution in [2.75, 3.05) is 19.8 Å². The van der Waals surface area contributed by atoms with Crippen LogP contribution in [-0.4, -0.2) is 51.1 Å². The van der Waals surface area contributed by atoms with Gasteiger partial charge in [0.25, 0.3) is 0 Å². The zero-order valence-corrected chi connectivity index (χ0v) is 17.9. The molecule has 0 radical (unpaired) electrons. The van der Waals surface area contributed by atoms with Crippen LogP contribution in [0.25, 0.3) is 11.1 Å². The minimum absolute atomic E-state index is 0.0373. The van der Waals surface area contributed by atoms with Crippen LogP contribution in [0, 0.1) is 0 Å². The number of hydrogen-bond donors (Lipinski definition) is 6. The summed E-state index contributed by atoms with van der Waals surface area (Å²) in [5.41, 5.74) is 3.60. The molecule has 0 aliphatic rings. The highest BCUT2D eigenvalue weighted by Gasteiger charge is 2.25. The molecule has 0 saturated heterocycles. The normalized spacial score (nSPS) is 11.1. The van der Waals surface area contributed by atoms with Gasteiger partial charge in [0.1, 0.15) is 5.69 Å². The van der Waals surface area contributed by atoms with Gasteiger partial charge in [0.15, 0.2) is 0 Å². The average Bonchev–Trinajstić information content (AvgIpc) is 3.06. The molecule has 0 saturated carbocycles. The molecule has 8 nitrogen and oxygen atoms in total. The van der Waals surface area contributed by atoms with Gasteiger partial charge in [-0.3, -0.25) is 0 Å². The maximum Gasteiger partial charge on any atom is 0.355 e.